The van der Waals surface area contributed by atoms with Crippen molar-refractivity contribution in [3.8, 4) is 5.75 Å². The molecule has 164 valence electrons. The lowest BCUT2D eigenvalue weighted by atomic mass is 10.1. The molecule has 3 aromatic rings. The first-order valence-electron chi connectivity index (χ1n) is 11.0. The maximum absolute atomic E-state index is 5.26. The summed E-state index contributed by atoms with van der Waals surface area (Å²) in [4.78, 5) is 5.03. The SMILES string of the molecule is CC[C@H](c1nnnn1Cc1ccc(OC)cc1)N1CCN(c2cc(C)ccc2C)CC1. The largest absolute Gasteiger partial charge is 0.497 e. The summed E-state index contributed by atoms with van der Waals surface area (Å²) in [6.07, 6.45) is 0.979. The molecule has 0 amide bonds. The topological polar surface area (TPSA) is 59.3 Å². The van der Waals surface area contributed by atoms with Gasteiger partial charge in [-0.2, -0.15) is 0 Å². The number of aromatic nitrogens is 4. The quantitative estimate of drug-likeness (QED) is 0.582. The zero-order valence-corrected chi connectivity index (χ0v) is 19.0. The lowest BCUT2D eigenvalue weighted by Crippen LogP contribution is -2.48. The normalized spacial score (nSPS) is 15.8. The van der Waals surface area contributed by atoms with E-state index >= 15 is 0 Å². The van der Waals surface area contributed by atoms with Gasteiger partial charge >= 0.3 is 0 Å². The first-order valence-corrected chi connectivity index (χ1v) is 11.0. The Bertz CT molecular complexity index is 992. The average molecular weight is 421 g/mol. The zero-order chi connectivity index (χ0) is 21.8. The summed E-state index contributed by atoms with van der Waals surface area (Å²) in [6, 6.07) is 15.0. The maximum atomic E-state index is 5.26. The van der Waals surface area contributed by atoms with Gasteiger partial charge in [-0.15, -0.1) is 5.10 Å². The maximum Gasteiger partial charge on any atom is 0.168 e. The summed E-state index contributed by atoms with van der Waals surface area (Å²) in [7, 11) is 1.68. The molecule has 0 unspecified atom stereocenters. The van der Waals surface area contributed by atoms with Crippen LogP contribution in [-0.4, -0.2) is 58.4 Å². The van der Waals surface area contributed by atoms with E-state index in [1.165, 1.54) is 16.8 Å². The standard InChI is InChI=1S/C24H32N6O/c1-5-22(24-25-26-27-30(24)17-20-8-10-21(31-4)11-9-20)28-12-14-29(15-13-28)23-16-18(2)6-7-19(23)3/h6-11,16,22H,5,12-15,17H2,1-4H3/t22-/m1/s1. The van der Waals surface area contributed by atoms with Crippen LogP contribution < -0.4 is 9.64 Å². The van der Waals surface area contributed by atoms with Crippen LogP contribution >= 0.6 is 0 Å². The van der Waals surface area contributed by atoms with E-state index in [1.54, 1.807) is 7.11 Å². The Morgan fingerprint density at radius 2 is 1.74 bits per heavy atom. The number of hydrogen-bond donors (Lipinski definition) is 0. The molecule has 7 heteroatoms. The van der Waals surface area contributed by atoms with Gasteiger partial charge in [0.15, 0.2) is 5.82 Å². The third-order valence-electron chi connectivity index (χ3n) is 6.20. The molecule has 0 N–H and O–H groups in total. The first-order chi connectivity index (χ1) is 15.1. The molecule has 0 aliphatic carbocycles. The van der Waals surface area contributed by atoms with Crippen LogP contribution in [0.25, 0.3) is 0 Å². The van der Waals surface area contributed by atoms with Crippen molar-refractivity contribution < 1.29 is 4.74 Å². The van der Waals surface area contributed by atoms with E-state index in [4.69, 9.17) is 4.74 Å². The number of anilines is 1. The number of aryl methyl sites for hydroxylation is 2. The second-order valence-electron chi connectivity index (χ2n) is 8.28. The molecule has 0 spiro atoms. The fourth-order valence-corrected chi connectivity index (χ4v) is 4.41. The van der Waals surface area contributed by atoms with Crippen LogP contribution in [0.2, 0.25) is 0 Å². The van der Waals surface area contributed by atoms with Gasteiger partial charge in [-0.3, -0.25) is 4.90 Å². The molecule has 4 rings (SSSR count). The van der Waals surface area contributed by atoms with Crippen molar-refractivity contribution in [3.05, 3.63) is 65.0 Å². The highest BCUT2D eigenvalue weighted by atomic mass is 16.5. The lowest BCUT2D eigenvalue weighted by molar-refractivity contribution is 0.169. The molecule has 1 fully saturated rings. The Morgan fingerprint density at radius 1 is 1.00 bits per heavy atom. The minimum Gasteiger partial charge on any atom is -0.497 e. The van der Waals surface area contributed by atoms with E-state index < -0.39 is 0 Å². The van der Waals surface area contributed by atoms with E-state index in [-0.39, 0.29) is 6.04 Å². The predicted octanol–water partition coefficient (Wildman–Crippen LogP) is 3.62. The van der Waals surface area contributed by atoms with E-state index in [9.17, 15) is 0 Å². The third kappa shape index (κ3) is 4.71. The molecule has 1 aromatic heterocycles. The van der Waals surface area contributed by atoms with Crippen molar-refractivity contribution >= 4 is 5.69 Å². The average Bonchev–Trinajstić information content (AvgIpc) is 3.25. The molecule has 31 heavy (non-hydrogen) atoms. The van der Waals surface area contributed by atoms with Crippen molar-refractivity contribution in [2.24, 2.45) is 0 Å². The van der Waals surface area contributed by atoms with Gasteiger partial charge in [-0.25, -0.2) is 4.68 Å². The molecule has 1 atom stereocenters. The van der Waals surface area contributed by atoms with Gasteiger partial charge in [-0.05, 0) is 65.6 Å². The Hall–Kier alpha value is -2.93. The van der Waals surface area contributed by atoms with Gasteiger partial charge in [0.05, 0.1) is 19.7 Å². The summed E-state index contributed by atoms with van der Waals surface area (Å²) >= 11 is 0. The summed E-state index contributed by atoms with van der Waals surface area (Å²) < 4.78 is 7.20. The number of rotatable bonds is 7. The zero-order valence-electron chi connectivity index (χ0n) is 19.0. The molecular formula is C24H32N6O. The summed E-state index contributed by atoms with van der Waals surface area (Å²) in [5.74, 6) is 1.80. The summed E-state index contributed by atoms with van der Waals surface area (Å²) in [5, 5.41) is 12.7. The van der Waals surface area contributed by atoms with Crippen LogP contribution in [0.15, 0.2) is 42.5 Å². The van der Waals surface area contributed by atoms with E-state index in [1.807, 2.05) is 16.8 Å². The molecule has 1 aliphatic heterocycles. The molecule has 1 aliphatic rings. The van der Waals surface area contributed by atoms with Crippen LogP contribution in [0, 0.1) is 13.8 Å². The fraction of sp³-hybridized carbons (Fsp3) is 0.458. The van der Waals surface area contributed by atoms with Crippen molar-refractivity contribution in [1.82, 2.24) is 25.1 Å². The van der Waals surface area contributed by atoms with Crippen LogP contribution in [0.1, 0.15) is 41.9 Å². The first kappa shape index (κ1) is 21.3. The summed E-state index contributed by atoms with van der Waals surface area (Å²) in [5.41, 5.74) is 5.17. The van der Waals surface area contributed by atoms with Gasteiger partial charge in [0.2, 0.25) is 0 Å². The highest BCUT2D eigenvalue weighted by Crippen LogP contribution is 2.27. The Labute approximate surface area is 184 Å². The highest BCUT2D eigenvalue weighted by Gasteiger charge is 2.28. The number of hydrogen-bond acceptors (Lipinski definition) is 6. The lowest BCUT2D eigenvalue weighted by Gasteiger charge is -2.40. The second-order valence-corrected chi connectivity index (χ2v) is 8.28. The number of tetrazole rings is 1. The van der Waals surface area contributed by atoms with Gasteiger partial charge in [0.1, 0.15) is 5.75 Å². The van der Waals surface area contributed by atoms with E-state index in [0.717, 1.165) is 49.7 Å². The molecule has 7 nitrogen and oxygen atoms in total. The minimum atomic E-state index is 0.217. The Kier molecular flexibility index (Phi) is 6.51. The number of methoxy groups -OCH3 is 1. The molecule has 2 heterocycles. The fourth-order valence-electron chi connectivity index (χ4n) is 4.41. The van der Waals surface area contributed by atoms with Crippen molar-refractivity contribution in [2.75, 3.05) is 38.2 Å². The van der Waals surface area contributed by atoms with Crippen LogP contribution in [0.3, 0.4) is 0 Å². The van der Waals surface area contributed by atoms with E-state index in [2.05, 4.69) is 76.4 Å². The monoisotopic (exact) mass is 420 g/mol. The Balaban J connectivity index is 1.45. The Morgan fingerprint density at radius 3 is 2.42 bits per heavy atom. The smallest absolute Gasteiger partial charge is 0.168 e. The van der Waals surface area contributed by atoms with Gasteiger partial charge in [0, 0.05) is 31.9 Å². The number of piperazine rings is 1. The molecule has 0 bridgehead atoms. The molecule has 0 saturated carbocycles. The van der Waals surface area contributed by atoms with Gasteiger partial charge in [-0.1, -0.05) is 31.2 Å². The van der Waals surface area contributed by atoms with Crippen molar-refractivity contribution in [3.63, 3.8) is 0 Å². The molecular weight excluding hydrogens is 388 g/mol. The number of nitrogens with zero attached hydrogens (tertiary/aromatic N) is 6. The number of ether oxygens (including phenoxy) is 1. The van der Waals surface area contributed by atoms with Gasteiger partial charge in [0.25, 0.3) is 0 Å². The molecule has 2 aromatic carbocycles. The third-order valence-corrected chi connectivity index (χ3v) is 6.20. The second kappa shape index (κ2) is 9.47. The van der Waals surface area contributed by atoms with E-state index in [0.29, 0.717) is 6.54 Å². The molecule has 1 saturated heterocycles. The summed E-state index contributed by atoms with van der Waals surface area (Å²) in [6.45, 7) is 11.3. The predicted molar refractivity (Wildman–Crippen MR) is 123 cm³/mol. The highest BCUT2D eigenvalue weighted by molar-refractivity contribution is 5.55. The van der Waals surface area contributed by atoms with Gasteiger partial charge < -0.3 is 9.64 Å². The minimum absolute atomic E-state index is 0.217. The number of benzene rings is 2. The van der Waals surface area contributed by atoms with Crippen molar-refractivity contribution in [2.45, 2.75) is 39.8 Å². The van der Waals surface area contributed by atoms with Crippen LogP contribution in [-0.2, 0) is 6.54 Å². The molecule has 0 radical (unpaired) electrons. The van der Waals surface area contributed by atoms with Crippen LogP contribution in [0.5, 0.6) is 5.75 Å². The van der Waals surface area contributed by atoms with Crippen LogP contribution in [0.4, 0.5) is 5.69 Å². The van der Waals surface area contributed by atoms with Crippen molar-refractivity contribution in [1.29, 1.82) is 0 Å².